The number of fused-ring (bicyclic) bond motifs is 2. The predicted octanol–water partition coefficient (Wildman–Crippen LogP) is -4.19. The van der Waals surface area contributed by atoms with Gasteiger partial charge >= 0.3 is 5.97 Å². The predicted molar refractivity (Wildman–Crippen MR) is 395 cm³/mol. The molecule has 1 aromatic heterocycles. The van der Waals surface area contributed by atoms with Crippen molar-refractivity contribution < 1.29 is 91.7 Å². The summed E-state index contributed by atoms with van der Waals surface area (Å²) in [5.41, 5.74) is 22.2. The van der Waals surface area contributed by atoms with Gasteiger partial charge in [-0.3, -0.25) is 81.5 Å². The van der Waals surface area contributed by atoms with E-state index in [1.165, 1.54) is 13.8 Å². The number of primary amides is 4. The van der Waals surface area contributed by atoms with Crippen LogP contribution in [-0.2, 0) is 101 Å². The Morgan fingerprint density at radius 3 is 1.81 bits per heavy atom. The van der Waals surface area contributed by atoms with E-state index in [2.05, 4.69) is 68.8 Å². The Hall–Kier alpha value is -12.0. The fourth-order valence-corrected chi connectivity index (χ4v) is 12.7. The molecule has 1 saturated heterocycles. The van der Waals surface area contributed by atoms with Gasteiger partial charge in [0.2, 0.25) is 94.5 Å². The van der Waals surface area contributed by atoms with Crippen LogP contribution in [0.1, 0.15) is 101 Å². The average molecular weight is 1530 g/mol. The number of carbonyl (C=O) groups excluding carboxylic acids is 16. The topological polar surface area (TPSA) is 595 Å². The van der Waals surface area contributed by atoms with Gasteiger partial charge in [0.1, 0.15) is 66.0 Å². The number of carboxylic acids is 1. The third-order valence-electron chi connectivity index (χ3n) is 17.4. The van der Waals surface area contributed by atoms with Crippen molar-refractivity contribution in [3.63, 3.8) is 0 Å². The summed E-state index contributed by atoms with van der Waals surface area (Å²) < 4.78 is 0. The van der Waals surface area contributed by atoms with Gasteiger partial charge in [-0.05, 0) is 92.7 Å². The van der Waals surface area contributed by atoms with Crippen LogP contribution in [0.25, 0.3) is 21.7 Å². The molecule has 0 radical (unpaired) electrons. The molecule has 1 fully saturated rings. The largest absolute Gasteiger partial charge is 0.481 e. The molecular formula is C72H93N17O19S. The van der Waals surface area contributed by atoms with Gasteiger partial charge in [-0.25, -0.2) is 0 Å². The molecule has 2 heterocycles. The maximum atomic E-state index is 15.4. The lowest BCUT2D eigenvalue weighted by atomic mass is 9.97. The number of aliphatic carboxylic acids is 1. The van der Waals surface area contributed by atoms with E-state index >= 15 is 19.2 Å². The van der Waals surface area contributed by atoms with Crippen molar-refractivity contribution in [3.8, 4) is 0 Å². The minimum Gasteiger partial charge on any atom is -0.481 e. The molecule has 4 aromatic carbocycles. The zero-order valence-corrected chi connectivity index (χ0v) is 61.4. The number of nitrogens with two attached hydrogens (primary N) is 4. The van der Waals surface area contributed by atoms with E-state index < -0.39 is 230 Å². The lowest BCUT2D eigenvalue weighted by Gasteiger charge is -2.31. The highest BCUT2D eigenvalue weighted by atomic mass is 32.2. The Labute approximate surface area is 629 Å². The van der Waals surface area contributed by atoms with E-state index in [0.29, 0.717) is 38.5 Å². The summed E-state index contributed by atoms with van der Waals surface area (Å²) in [5.74, 6) is -18.5. The summed E-state index contributed by atoms with van der Waals surface area (Å²) in [6, 6.07) is 8.98. The minimum atomic E-state index is -2.07. The first-order chi connectivity index (χ1) is 51.5. The number of benzene rings is 4. The van der Waals surface area contributed by atoms with Crippen molar-refractivity contribution in [1.82, 2.24) is 68.8 Å². The molecule has 5 aromatic rings. The number of hydrogen-bond donors (Lipinski definition) is 19. The molecule has 0 saturated carbocycles. The summed E-state index contributed by atoms with van der Waals surface area (Å²) in [7, 11) is 0. The van der Waals surface area contributed by atoms with Crippen LogP contribution in [0, 0.1) is 6.92 Å². The van der Waals surface area contributed by atoms with Crippen LogP contribution in [0.5, 0.6) is 0 Å². The molecule has 0 unspecified atom stereocenters. The number of rotatable bonds is 32. The van der Waals surface area contributed by atoms with E-state index in [4.69, 9.17) is 22.9 Å². The third-order valence-corrected chi connectivity index (χ3v) is 18.5. The molecular weight excluding hydrogens is 1440 g/mol. The molecule has 11 atom stereocenters. The van der Waals surface area contributed by atoms with Crippen LogP contribution in [0.15, 0.2) is 97.2 Å². The second kappa shape index (κ2) is 40.6. The second-order valence-corrected chi connectivity index (χ2v) is 28.0. The van der Waals surface area contributed by atoms with Crippen LogP contribution in [0.3, 0.4) is 0 Å². The third kappa shape index (κ3) is 27.4. The lowest BCUT2D eigenvalue weighted by molar-refractivity contribution is -0.139. The fraction of sp³-hybridized carbons (Fsp3) is 0.431. The Kier molecular flexibility index (Phi) is 32.0. The summed E-state index contributed by atoms with van der Waals surface area (Å²) in [4.78, 5) is 236. The van der Waals surface area contributed by atoms with Gasteiger partial charge in [0.25, 0.3) is 0 Å². The molecule has 586 valence electrons. The van der Waals surface area contributed by atoms with Crippen molar-refractivity contribution in [2.45, 2.75) is 177 Å². The van der Waals surface area contributed by atoms with Crippen molar-refractivity contribution in [3.05, 3.63) is 119 Å². The molecule has 37 heteroatoms. The van der Waals surface area contributed by atoms with E-state index in [-0.39, 0.29) is 31.4 Å². The van der Waals surface area contributed by atoms with Gasteiger partial charge in [0, 0.05) is 68.3 Å². The van der Waals surface area contributed by atoms with E-state index in [1.807, 2.05) is 6.07 Å². The lowest BCUT2D eigenvalue weighted by Crippen LogP contribution is -2.64. The van der Waals surface area contributed by atoms with Crippen LogP contribution >= 0.6 is 11.8 Å². The summed E-state index contributed by atoms with van der Waals surface area (Å²) in [6.07, 6.45) is -5.55. The quantitative estimate of drug-likeness (QED) is 0.0194. The number of thioether (sulfide) groups is 1. The molecule has 36 nitrogen and oxygen atoms in total. The molecule has 6 rings (SSSR count). The molecule has 1 aliphatic heterocycles. The normalized spacial score (nSPS) is 19.0. The van der Waals surface area contributed by atoms with Crippen molar-refractivity contribution >= 4 is 134 Å². The standard InChI is InChI=1S/C72H93N17O19S/c1-36-11-10-12-39(27-36)29-50(66(103)83-51(30-40-17-18-41-13-6-7-14-42(41)28-40)69(106)89-72(4,5)71(108)87-48(21-24-59(96)97)63(100)84-53(32-57(75)94)61(98)78-34-58(76)95)82-68(105)54-35-109-26-25-49(79-38(3)91)64(101)80-47(20-23-56(74)93)65(102)88-60(37(2)90)70(107)85-52(31-43-33-77-45-16-9-8-15-44(43)45)67(104)81-46(62(99)86-54)19-22-55(73)92/h6-18,27-28,33,37,46-54,60,77,90H,19-26,29-32,34-35H2,1-5H3,(H2,73,92)(H2,74,93)(H2,75,94)(H2,76,95)(H,78,98)(H,79,91)(H,80,101)(H,81,104)(H,82,105)(H,83,103)(H,84,100)(H,85,107)(H,86,99)(H,87,108)(H,88,102)(H,89,106)(H,96,97)/t37-,46+,47+,48+,49+,50+,51+,52+,53+,54+,60+/m1/s1. The van der Waals surface area contributed by atoms with Crippen molar-refractivity contribution in [2.75, 3.05) is 18.1 Å². The number of para-hydroxylation sites is 1. The zero-order chi connectivity index (χ0) is 80.4. The van der Waals surface area contributed by atoms with Gasteiger partial charge in [0.05, 0.1) is 19.1 Å². The first-order valence-corrected chi connectivity index (χ1v) is 35.9. The second-order valence-electron chi connectivity index (χ2n) is 26.9. The Bertz CT molecular complexity index is 4240. The number of aliphatic hydroxyl groups excluding tert-OH is 1. The molecule has 0 bridgehead atoms. The number of aliphatic hydroxyl groups is 1. The van der Waals surface area contributed by atoms with Crippen LogP contribution < -0.4 is 86.7 Å². The van der Waals surface area contributed by atoms with Gasteiger partial charge in [-0.1, -0.05) is 90.5 Å². The number of aryl methyl sites for hydroxylation is 1. The maximum Gasteiger partial charge on any atom is 0.303 e. The SMILES string of the molecule is CC(=O)N[C@H]1CCSC[C@@H](C(=O)N[C@@H](Cc2cccc(C)c2)C(=O)N[C@@H](Cc2ccc3ccccc3c2)C(=O)NC(C)(C)C(=O)N[C@@H](CCC(=O)O)C(=O)N[C@@H](CC(N)=O)C(=O)NCC(N)=O)NC(=O)[C@H](CCC(N)=O)NC(=O)[C@H](Cc2c[nH]c3ccccc23)NC(=O)[C@H]([C@@H](C)O)NC(=O)[C@H](CCC(N)=O)NC1=O. The minimum absolute atomic E-state index is 0.128. The van der Waals surface area contributed by atoms with Gasteiger partial charge in [-0.15, -0.1) is 0 Å². The van der Waals surface area contributed by atoms with Crippen LogP contribution in [0.4, 0.5) is 0 Å². The number of hydrogen-bond acceptors (Lipinski definition) is 19. The highest BCUT2D eigenvalue weighted by Gasteiger charge is 2.40. The van der Waals surface area contributed by atoms with Gasteiger partial charge < -0.3 is 102 Å². The van der Waals surface area contributed by atoms with E-state index in [9.17, 15) is 72.5 Å². The monoisotopic (exact) mass is 1530 g/mol. The smallest absolute Gasteiger partial charge is 0.303 e. The Morgan fingerprint density at radius 2 is 1.18 bits per heavy atom. The molecule has 109 heavy (non-hydrogen) atoms. The molecule has 0 aliphatic carbocycles. The Morgan fingerprint density at radius 1 is 0.596 bits per heavy atom. The highest BCUT2D eigenvalue weighted by molar-refractivity contribution is 7.99. The number of nitrogens with one attached hydrogen (secondary N) is 13. The van der Waals surface area contributed by atoms with Crippen molar-refractivity contribution in [2.24, 2.45) is 22.9 Å². The highest BCUT2D eigenvalue weighted by Crippen LogP contribution is 2.22. The van der Waals surface area contributed by atoms with E-state index in [0.717, 1.165) is 31.0 Å². The van der Waals surface area contributed by atoms with Gasteiger partial charge in [-0.2, -0.15) is 11.8 Å². The molecule has 0 spiro atoms. The summed E-state index contributed by atoms with van der Waals surface area (Å²) >= 11 is 0.931. The number of aromatic amines is 1. The zero-order valence-electron chi connectivity index (χ0n) is 60.5. The summed E-state index contributed by atoms with van der Waals surface area (Å²) in [5, 5.41) is 52.6. The fourth-order valence-electron chi connectivity index (χ4n) is 11.6. The van der Waals surface area contributed by atoms with Crippen molar-refractivity contribution in [1.29, 1.82) is 0 Å². The van der Waals surface area contributed by atoms with E-state index in [1.54, 1.807) is 98.0 Å². The number of carbonyl (C=O) groups is 17. The summed E-state index contributed by atoms with van der Waals surface area (Å²) in [6.45, 7) is 5.69. The first kappa shape index (κ1) is 85.9. The van der Waals surface area contributed by atoms with Gasteiger partial charge in [0.15, 0.2) is 0 Å². The maximum absolute atomic E-state index is 15.4. The number of amides is 16. The van der Waals surface area contributed by atoms with Crippen LogP contribution in [-0.4, -0.2) is 206 Å². The number of aromatic nitrogens is 1. The Balaban J connectivity index is 1.40. The molecule has 23 N–H and O–H groups in total. The molecule has 1 aliphatic rings. The van der Waals surface area contributed by atoms with Crippen LogP contribution in [0.2, 0.25) is 0 Å². The number of carboxylic acid groups (broad SMARTS) is 1. The first-order valence-electron chi connectivity index (χ1n) is 34.8. The molecule has 16 amide bonds. The average Bonchev–Trinajstić information content (AvgIpc) is 1.81. The number of H-pyrrole nitrogens is 1.